The van der Waals surface area contributed by atoms with Gasteiger partial charge in [-0.25, -0.2) is 0 Å². The van der Waals surface area contributed by atoms with E-state index >= 15 is 0 Å². The van der Waals surface area contributed by atoms with Crippen molar-refractivity contribution >= 4 is 12.3 Å². The van der Waals surface area contributed by atoms with Crippen molar-refractivity contribution in [2.45, 2.75) is 38.5 Å². The summed E-state index contributed by atoms with van der Waals surface area (Å²) in [6, 6.07) is 0. The Morgan fingerprint density at radius 2 is 2.07 bits per heavy atom. The third-order valence-corrected chi connectivity index (χ3v) is 3.07. The van der Waals surface area contributed by atoms with Crippen molar-refractivity contribution in [2.75, 3.05) is 7.11 Å². The summed E-state index contributed by atoms with van der Waals surface area (Å²) in [4.78, 5) is 21.9. The maximum atomic E-state index is 11.4. The van der Waals surface area contributed by atoms with Crippen molar-refractivity contribution in [1.82, 2.24) is 0 Å². The van der Waals surface area contributed by atoms with E-state index in [1.807, 2.05) is 0 Å². The maximum absolute atomic E-state index is 11.4. The summed E-state index contributed by atoms with van der Waals surface area (Å²) in [6.45, 7) is 0. The van der Waals surface area contributed by atoms with E-state index in [0.29, 0.717) is 12.3 Å². The van der Waals surface area contributed by atoms with Crippen LogP contribution in [0.3, 0.4) is 0 Å². The molecule has 0 radical (unpaired) electrons. The highest BCUT2D eigenvalue weighted by atomic mass is 16.5. The van der Waals surface area contributed by atoms with Crippen molar-refractivity contribution in [1.29, 1.82) is 0 Å². The first-order chi connectivity index (χ1) is 6.79. The zero-order chi connectivity index (χ0) is 10.4. The van der Waals surface area contributed by atoms with Crippen LogP contribution in [0.25, 0.3) is 0 Å². The second-order valence-corrected chi connectivity index (χ2v) is 3.93. The second-order valence-electron chi connectivity index (χ2n) is 3.93. The van der Waals surface area contributed by atoms with E-state index in [4.69, 9.17) is 4.74 Å². The van der Waals surface area contributed by atoms with Crippen molar-refractivity contribution in [3.05, 3.63) is 0 Å². The average molecular weight is 198 g/mol. The number of hydrogen-bond acceptors (Lipinski definition) is 3. The Hall–Kier alpha value is -0.860. The number of ether oxygens (including phenoxy) is 1. The van der Waals surface area contributed by atoms with Crippen molar-refractivity contribution in [3.63, 3.8) is 0 Å². The zero-order valence-corrected chi connectivity index (χ0v) is 8.70. The monoisotopic (exact) mass is 198 g/mol. The van der Waals surface area contributed by atoms with Gasteiger partial charge in [-0.3, -0.25) is 4.79 Å². The third kappa shape index (κ3) is 2.82. The SMILES string of the molecule is COC(=O)[C@@H](CC=O)C1CCCCC1. The summed E-state index contributed by atoms with van der Waals surface area (Å²) in [5.41, 5.74) is 0. The van der Waals surface area contributed by atoms with E-state index in [0.717, 1.165) is 19.1 Å². The fourth-order valence-corrected chi connectivity index (χ4v) is 2.27. The van der Waals surface area contributed by atoms with Crippen LogP contribution in [0.15, 0.2) is 0 Å². The van der Waals surface area contributed by atoms with Crippen LogP contribution in [0.1, 0.15) is 38.5 Å². The molecule has 3 heteroatoms. The van der Waals surface area contributed by atoms with E-state index < -0.39 is 0 Å². The summed E-state index contributed by atoms with van der Waals surface area (Å²) in [5, 5.41) is 0. The minimum absolute atomic E-state index is 0.196. The number of esters is 1. The first-order valence-electron chi connectivity index (χ1n) is 5.31. The molecule has 1 saturated carbocycles. The van der Waals surface area contributed by atoms with Gasteiger partial charge < -0.3 is 9.53 Å². The third-order valence-electron chi connectivity index (χ3n) is 3.07. The molecule has 0 aromatic rings. The molecule has 0 amide bonds. The summed E-state index contributed by atoms with van der Waals surface area (Å²) in [6.07, 6.45) is 6.88. The number of methoxy groups -OCH3 is 1. The average Bonchev–Trinajstić information content (AvgIpc) is 2.26. The quantitative estimate of drug-likeness (QED) is 0.512. The topological polar surface area (TPSA) is 43.4 Å². The largest absolute Gasteiger partial charge is 0.469 e. The van der Waals surface area contributed by atoms with Gasteiger partial charge >= 0.3 is 5.97 Å². The normalized spacial score (nSPS) is 20.1. The predicted molar refractivity (Wildman–Crippen MR) is 52.8 cm³/mol. The van der Waals surface area contributed by atoms with Gasteiger partial charge in [-0.2, -0.15) is 0 Å². The van der Waals surface area contributed by atoms with Crippen LogP contribution in [0, 0.1) is 11.8 Å². The van der Waals surface area contributed by atoms with Gasteiger partial charge in [0.1, 0.15) is 6.29 Å². The van der Waals surface area contributed by atoms with Gasteiger partial charge in [0.2, 0.25) is 0 Å². The van der Waals surface area contributed by atoms with Crippen LogP contribution in [0.2, 0.25) is 0 Å². The molecule has 1 aliphatic rings. The molecule has 0 unspecified atom stereocenters. The molecule has 14 heavy (non-hydrogen) atoms. The molecule has 0 N–H and O–H groups in total. The Bertz CT molecular complexity index is 195. The first-order valence-corrected chi connectivity index (χ1v) is 5.31. The predicted octanol–water partition coefficient (Wildman–Crippen LogP) is 1.94. The molecule has 0 saturated heterocycles. The van der Waals surface area contributed by atoms with Crippen molar-refractivity contribution in [3.8, 4) is 0 Å². The summed E-state index contributed by atoms with van der Waals surface area (Å²) >= 11 is 0. The molecule has 1 atom stereocenters. The number of rotatable bonds is 4. The fourth-order valence-electron chi connectivity index (χ4n) is 2.27. The Morgan fingerprint density at radius 3 is 2.57 bits per heavy atom. The van der Waals surface area contributed by atoms with E-state index in [1.54, 1.807) is 0 Å². The lowest BCUT2D eigenvalue weighted by Crippen LogP contribution is -2.27. The second kappa shape index (κ2) is 5.78. The van der Waals surface area contributed by atoms with E-state index in [9.17, 15) is 9.59 Å². The van der Waals surface area contributed by atoms with Crippen molar-refractivity contribution in [2.24, 2.45) is 11.8 Å². The molecule has 0 aliphatic heterocycles. The Labute approximate surface area is 84.8 Å². The lowest BCUT2D eigenvalue weighted by molar-refractivity contribution is -0.149. The first kappa shape index (κ1) is 11.2. The Balaban J connectivity index is 2.55. The minimum atomic E-state index is -0.219. The molecular weight excluding hydrogens is 180 g/mol. The lowest BCUT2D eigenvalue weighted by Gasteiger charge is -2.27. The van der Waals surface area contributed by atoms with E-state index in [-0.39, 0.29) is 11.9 Å². The number of hydrogen-bond donors (Lipinski definition) is 0. The van der Waals surface area contributed by atoms with Gasteiger partial charge in [0.25, 0.3) is 0 Å². The van der Waals surface area contributed by atoms with Gasteiger partial charge in [0, 0.05) is 6.42 Å². The molecule has 1 aliphatic carbocycles. The molecule has 0 heterocycles. The summed E-state index contributed by atoms with van der Waals surface area (Å²) in [7, 11) is 1.39. The fraction of sp³-hybridized carbons (Fsp3) is 0.818. The van der Waals surface area contributed by atoms with E-state index in [1.165, 1.54) is 26.4 Å². The van der Waals surface area contributed by atoms with Crippen LogP contribution in [-0.4, -0.2) is 19.4 Å². The molecule has 80 valence electrons. The van der Waals surface area contributed by atoms with E-state index in [2.05, 4.69) is 0 Å². The van der Waals surface area contributed by atoms with Crippen LogP contribution >= 0.6 is 0 Å². The molecule has 0 aromatic heterocycles. The number of carbonyl (C=O) groups excluding carboxylic acids is 2. The van der Waals surface area contributed by atoms with Crippen LogP contribution in [0.4, 0.5) is 0 Å². The van der Waals surface area contributed by atoms with Crippen molar-refractivity contribution < 1.29 is 14.3 Å². The maximum Gasteiger partial charge on any atom is 0.309 e. The summed E-state index contributed by atoms with van der Waals surface area (Å²) in [5.74, 6) is -0.0526. The molecular formula is C11H18O3. The smallest absolute Gasteiger partial charge is 0.309 e. The molecule has 1 rings (SSSR count). The number of carbonyl (C=O) groups is 2. The van der Waals surface area contributed by atoms with Gasteiger partial charge in [0.05, 0.1) is 13.0 Å². The highest BCUT2D eigenvalue weighted by Gasteiger charge is 2.29. The molecule has 3 nitrogen and oxygen atoms in total. The van der Waals surface area contributed by atoms with Gasteiger partial charge in [-0.05, 0) is 18.8 Å². The highest BCUT2D eigenvalue weighted by molar-refractivity contribution is 5.75. The molecule has 0 spiro atoms. The van der Waals surface area contributed by atoms with Crippen LogP contribution < -0.4 is 0 Å². The molecule has 0 bridgehead atoms. The molecule has 1 fully saturated rings. The van der Waals surface area contributed by atoms with Crippen LogP contribution in [0.5, 0.6) is 0 Å². The Kier molecular flexibility index (Phi) is 4.63. The number of aldehydes is 1. The standard InChI is InChI=1S/C11H18O3/c1-14-11(13)10(7-8-12)9-5-3-2-4-6-9/h8-10H,2-7H2,1H3/t10-/m0/s1. The van der Waals surface area contributed by atoms with Gasteiger partial charge in [0.15, 0.2) is 0 Å². The zero-order valence-electron chi connectivity index (χ0n) is 8.70. The lowest BCUT2D eigenvalue weighted by atomic mass is 9.79. The van der Waals surface area contributed by atoms with Gasteiger partial charge in [-0.1, -0.05) is 19.3 Å². The molecule has 0 aromatic carbocycles. The summed E-state index contributed by atoms with van der Waals surface area (Å²) < 4.78 is 4.72. The van der Waals surface area contributed by atoms with Gasteiger partial charge in [-0.15, -0.1) is 0 Å². The van der Waals surface area contributed by atoms with Crippen LogP contribution in [-0.2, 0) is 14.3 Å². The highest BCUT2D eigenvalue weighted by Crippen LogP contribution is 2.31. The Morgan fingerprint density at radius 1 is 1.43 bits per heavy atom. The minimum Gasteiger partial charge on any atom is -0.469 e.